The molecule has 0 radical (unpaired) electrons. The van der Waals surface area contributed by atoms with E-state index in [0.717, 1.165) is 25.7 Å². The van der Waals surface area contributed by atoms with Gasteiger partial charge in [-0.05, 0) is 63.2 Å². The maximum absolute atomic E-state index is 9.23. The molecule has 28 heavy (non-hydrogen) atoms. The van der Waals surface area contributed by atoms with E-state index in [0.29, 0.717) is 23.7 Å². The van der Waals surface area contributed by atoms with Crippen LogP contribution < -0.4 is 0 Å². The van der Waals surface area contributed by atoms with Gasteiger partial charge < -0.3 is 19.7 Å². The molecule has 0 aliphatic rings. The SMILES string of the molecule is CC(C)CC(C)CC(C)(C#CC(C)(CC(C)CC(C)C)OCCO)OCCO. The Bertz CT molecular complexity index is 425. The number of ether oxygens (including phenoxy) is 2. The zero-order valence-corrected chi connectivity index (χ0v) is 19.7. The normalized spacial score (nSPS) is 18.3. The van der Waals surface area contributed by atoms with Gasteiger partial charge in [0, 0.05) is 0 Å². The zero-order valence-electron chi connectivity index (χ0n) is 19.7. The van der Waals surface area contributed by atoms with E-state index in [9.17, 15) is 10.2 Å². The first-order valence-corrected chi connectivity index (χ1v) is 11.0. The Labute approximate surface area is 174 Å². The Morgan fingerprint density at radius 3 is 1.25 bits per heavy atom. The van der Waals surface area contributed by atoms with E-state index in [2.05, 4.69) is 53.4 Å². The third-order valence-corrected chi connectivity index (χ3v) is 4.84. The molecule has 0 saturated heterocycles. The predicted molar refractivity (Wildman–Crippen MR) is 117 cm³/mol. The van der Waals surface area contributed by atoms with Gasteiger partial charge in [0.15, 0.2) is 0 Å². The summed E-state index contributed by atoms with van der Waals surface area (Å²) in [5, 5.41) is 18.5. The fraction of sp³-hybridized carbons (Fsp3) is 0.917. The number of hydrogen-bond acceptors (Lipinski definition) is 4. The highest BCUT2D eigenvalue weighted by molar-refractivity contribution is 5.21. The molecule has 0 aromatic heterocycles. The first kappa shape index (κ1) is 27.4. The summed E-state index contributed by atoms with van der Waals surface area (Å²) in [6.45, 7) is 17.9. The third-order valence-electron chi connectivity index (χ3n) is 4.84. The van der Waals surface area contributed by atoms with E-state index in [1.54, 1.807) is 0 Å². The maximum Gasteiger partial charge on any atom is 0.126 e. The molecule has 0 saturated carbocycles. The second-order valence-electron chi connectivity index (χ2n) is 9.73. The molecule has 0 aromatic carbocycles. The van der Waals surface area contributed by atoms with Crippen molar-refractivity contribution in [3.05, 3.63) is 0 Å². The lowest BCUT2D eigenvalue weighted by Crippen LogP contribution is -2.35. The minimum absolute atomic E-state index is 0.0144. The first-order chi connectivity index (χ1) is 12.9. The molecule has 0 amide bonds. The molecule has 2 N–H and O–H groups in total. The molecule has 4 nitrogen and oxygen atoms in total. The van der Waals surface area contributed by atoms with Gasteiger partial charge in [-0.2, -0.15) is 0 Å². The van der Waals surface area contributed by atoms with Crippen LogP contribution >= 0.6 is 0 Å². The fourth-order valence-corrected chi connectivity index (χ4v) is 4.20. The Morgan fingerprint density at radius 2 is 1.00 bits per heavy atom. The van der Waals surface area contributed by atoms with Crippen LogP contribution in [0.3, 0.4) is 0 Å². The highest BCUT2D eigenvalue weighted by atomic mass is 16.5. The Hall–Kier alpha value is -0.600. The number of hydrogen-bond donors (Lipinski definition) is 2. The van der Waals surface area contributed by atoms with E-state index >= 15 is 0 Å². The van der Waals surface area contributed by atoms with Gasteiger partial charge in [0.25, 0.3) is 0 Å². The van der Waals surface area contributed by atoms with Gasteiger partial charge in [-0.25, -0.2) is 0 Å². The number of aliphatic hydroxyl groups excluding tert-OH is 2. The second kappa shape index (κ2) is 13.6. The summed E-state index contributed by atoms with van der Waals surface area (Å²) < 4.78 is 11.9. The predicted octanol–water partition coefficient (Wildman–Crippen LogP) is 4.67. The molecule has 0 bridgehead atoms. The molecule has 4 unspecified atom stereocenters. The van der Waals surface area contributed by atoms with E-state index in [1.165, 1.54) is 0 Å². The van der Waals surface area contributed by atoms with Gasteiger partial charge in [0.1, 0.15) is 11.2 Å². The molecule has 4 heteroatoms. The topological polar surface area (TPSA) is 58.9 Å². The second-order valence-corrected chi connectivity index (χ2v) is 9.73. The van der Waals surface area contributed by atoms with Crippen LogP contribution in [0.15, 0.2) is 0 Å². The fourth-order valence-electron chi connectivity index (χ4n) is 4.20. The maximum atomic E-state index is 9.23. The molecule has 0 spiro atoms. The molecule has 0 fully saturated rings. The van der Waals surface area contributed by atoms with Crippen LogP contribution in [0.25, 0.3) is 0 Å². The van der Waals surface area contributed by atoms with Gasteiger partial charge in [0.05, 0.1) is 26.4 Å². The summed E-state index contributed by atoms with van der Waals surface area (Å²) >= 11 is 0. The van der Waals surface area contributed by atoms with Crippen molar-refractivity contribution in [2.45, 2.75) is 92.3 Å². The minimum Gasteiger partial charge on any atom is -0.394 e. The average Bonchev–Trinajstić information content (AvgIpc) is 2.55. The lowest BCUT2D eigenvalue weighted by atomic mass is 9.85. The van der Waals surface area contributed by atoms with Crippen LogP contribution in [0.5, 0.6) is 0 Å². The van der Waals surface area contributed by atoms with Crippen molar-refractivity contribution in [3.8, 4) is 11.8 Å². The van der Waals surface area contributed by atoms with Crippen LogP contribution in [-0.4, -0.2) is 47.8 Å². The van der Waals surface area contributed by atoms with Crippen molar-refractivity contribution < 1.29 is 19.7 Å². The van der Waals surface area contributed by atoms with Gasteiger partial charge >= 0.3 is 0 Å². The smallest absolute Gasteiger partial charge is 0.126 e. The highest BCUT2D eigenvalue weighted by Crippen LogP contribution is 2.28. The zero-order chi connectivity index (χ0) is 21.8. The van der Waals surface area contributed by atoms with Crippen molar-refractivity contribution in [2.24, 2.45) is 23.7 Å². The van der Waals surface area contributed by atoms with Crippen molar-refractivity contribution in [3.63, 3.8) is 0 Å². The summed E-state index contributed by atoms with van der Waals surface area (Å²) in [5.41, 5.74) is -1.25. The van der Waals surface area contributed by atoms with Crippen LogP contribution in [0.4, 0.5) is 0 Å². The monoisotopic (exact) mass is 398 g/mol. The summed E-state index contributed by atoms with van der Waals surface area (Å²) in [7, 11) is 0. The number of rotatable bonds is 14. The Kier molecular flexibility index (Phi) is 13.3. The quantitative estimate of drug-likeness (QED) is 0.418. The Morgan fingerprint density at radius 1 is 0.679 bits per heavy atom. The van der Waals surface area contributed by atoms with Gasteiger partial charge in [-0.1, -0.05) is 53.4 Å². The van der Waals surface area contributed by atoms with Crippen molar-refractivity contribution in [2.75, 3.05) is 26.4 Å². The lowest BCUT2D eigenvalue weighted by molar-refractivity contribution is -0.0281. The first-order valence-electron chi connectivity index (χ1n) is 11.0. The highest BCUT2D eigenvalue weighted by Gasteiger charge is 2.29. The van der Waals surface area contributed by atoms with E-state index in [-0.39, 0.29) is 26.4 Å². The minimum atomic E-state index is -0.623. The van der Waals surface area contributed by atoms with Gasteiger partial charge in [-0.15, -0.1) is 0 Å². The molecule has 0 aliphatic carbocycles. The van der Waals surface area contributed by atoms with E-state index < -0.39 is 11.2 Å². The Balaban J connectivity index is 5.47. The molecular weight excluding hydrogens is 352 g/mol. The van der Waals surface area contributed by atoms with Crippen LogP contribution in [0.1, 0.15) is 81.1 Å². The molecule has 0 aromatic rings. The average molecular weight is 399 g/mol. The summed E-state index contributed by atoms with van der Waals surface area (Å²) in [5.74, 6) is 8.91. The molecule has 0 heterocycles. The molecule has 0 rings (SSSR count). The molecule has 0 aliphatic heterocycles. The van der Waals surface area contributed by atoms with Gasteiger partial charge in [0.2, 0.25) is 0 Å². The van der Waals surface area contributed by atoms with Crippen molar-refractivity contribution >= 4 is 0 Å². The van der Waals surface area contributed by atoms with E-state index in [4.69, 9.17) is 9.47 Å². The van der Waals surface area contributed by atoms with Gasteiger partial charge in [-0.3, -0.25) is 0 Å². The van der Waals surface area contributed by atoms with Crippen molar-refractivity contribution in [1.29, 1.82) is 0 Å². The summed E-state index contributed by atoms with van der Waals surface area (Å²) in [6, 6.07) is 0. The molecule has 4 atom stereocenters. The van der Waals surface area contributed by atoms with Crippen LogP contribution in [0.2, 0.25) is 0 Å². The van der Waals surface area contributed by atoms with Crippen molar-refractivity contribution in [1.82, 2.24) is 0 Å². The number of aliphatic hydroxyl groups is 2. The van der Waals surface area contributed by atoms with E-state index in [1.807, 2.05) is 13.8 Å². The van der Waals surface area contributed by atoms with Crippen LogP contribution in [-0.2, 0) is 9.47 Å². The largest absolute Gasteiger partial charge is 0.394 e. The third kappa shape index (κ3) is 12.8. The summed E-state index contributed by atoms with van der Waals surface area (Å²) in [6.07, 6.45) is 3.86. The standard InChI is InChI=1S/C24H46O4/c1-19(2)15-21(5)17-23(7,27-13-11-25)9-10-24(8,28-14-12-26)18-22(6)16-20(3)4/h19-22,25-26H,11-18H2,1-8H3. The molecular formula is C24H46O4. The van der Waals surface area contributed by atoms with Crippen LogP contribution in [0, 0.1) is 35.5 Å². The molecule has 166 valence electrons. The lowest BCUT2D eigenvalue weighted by Gasteiger charge is -2.31. The summed E-state index contributed by atoms with van der Waals surface area (Å²) in [4.78, 5) is 0.